The van der Waals surface area contributed by atoms with Crippen LogP contribution in [0, 0.1) is 11.6 Å². The second kappa shape index (κ2) is 5.68. The largest absolute Gasteiger partial charge is 0.473 e. The summed E-state index contributed by atoms with van der Waals surface area (Å²) in [5.74, 6) is -1.24. The van der Waals surface area contributed by atoms with Crippen LogP contribution in [-0.2, 0) is 0 Å². The zero-order valence-electron chi connectivity index (χ0n) is 11.0. The number of para-hydroxylation sites is 1. The minimum Gasteiger partial charge on any atom is -0.473 e. The maximum Gasteiger partial charge on any atom is 0.242 e. The van der Waals surface area contributed by atoms with E-state index in [9.17, 15) is 8.78 Å². The number of nitrogens with two attached hydrogens (primary N) is 1. The first kappa shape index (κ1) is 14.0. The fourth-order valence-electron chi connectivity index (χ4n) is 1.53. The van der Waals surface area contributed by atoms with Gasteiger partial charge in [-0.15, -0.1) is 0 Å². The molecular weight excluding hydrogens is 266 g/mol. The monoisotopic (exact) mass is 280 g/mol. The lowest BCUT2D eigenvalue weighted by atomic mass is 10.3. The third kappa shape index (κ3) is 2.93. The predicted octanol–water partition coefficient (Wildman–Crippen LogP) is 2.87. The van der Waals surface area contributed by atoms with Crippen LogP contribution >= 0.6 is 0 Å². The van der Waals surface area contributed by atoms with Crippen molar-refractivity contribution in [2.24, 2.45) is 0 Å². The van der Waals surface area contributed by atoms with Crippen molar-refractivity contribution in [3.05, 3.63) is 36.2 Å². The molecule has 7 heteroatoms. The summed E-state index contributed by atoms with van der Waals surface area (Å²) < 4.78 is 32.5. The molecule has 0 radical (unpaired) electrons. The Morgan fingerprint density at radius 3 is 2.45 bits per heavy atom. The van der Waals surface area contributed by atoms with Gasteiger partial charge in [0.1, 0.15) is 29.3 Å². The summed E-state index contributed by atoms with van der Waals surface area (Å²) in [6.07, 6.45) is 1.07. The van der Waals surface area contributed by atoms with Crippen molar-refractivity contribution in [1.29, 1.82) is 0 Å². The molecule has 106 valence electrons. The fourth-order valence-corrected chi connectivity index (χ4v) is 1.53. The number of hydrogen-bond donors (Lipinski definition) is 2. The molecule has 0 amide bonds. The number of halogens is 2. The number of benzene rings is 1. The van der Waals surface area contributed by atoms with Crippen LogP contribution in [0.3, 0.4) is 0 Å². The molecule has 0 atom stereocenters. The summed E-state index contributed by atoms with van der Waals surface area (Å²) in [4.78, 5) is 7.74. The van der Waals surface area contributed by atoms with Gasteiger partial charge in [0.05, 0.1) is 6.10 Å². The molecule has 0 aliphatic rings. The van der Waals surface area contributed by atoms with Gasteiger partial charge in [-0.1, -0.05) is 6.07 Å². The molecule has 1 heterocycles. The first-order valence-electron chi connectivity index (χ1n) is 5.97. The highest BCUT2D eigenvalue weighted by Crippen LogP contribution is 2.30. The predicted molar refractivity (Wildman–Crippen MR) is 71.8 cm³/mol. The minimum atomic E-state index is -0.741. The Balaban J connectivity index is 2.35. The second-order valence-electron chi connectivity index (χ2n) is 4.33. The van der Waals surface area contributed by atoms with Crippen LogP contribution in [0.15, 0.2) is 24.5 Å². The number of rotatable bonds is 4. The van der Waals surface area contributed by atoms with Crippen molar-refractivity contribution in [2.45, 2.75) is 20.0 Å². The number of aromatic nitrogens is 2. The maximum atomic E-state index is 13.6. The van der Waals surface area contributed by atoms with E-state index >= 15 is 0 Å². The molecule has 3 N–H and O–H groups in total. The molecule has 2 aromatic rings. The average molecular weight is 280 g/mol. The van der Waals surface area contributed by atoms with Crippen molar-refractivity contribution in [3.63, 3.8) is 0 Å². The van der Waals surface area contributed by atoms with Crippen LogP contribution in [0.25, 0.3) is 0 Å². The van der Waals surface area contributed by atoms with Crippen LogP contribution in [0.2, 0.25) is 0 Å². The number of anilines is 3. The van der Waals surface area contributed by atoms with Crippen LogP contribution in [0.5, 0.6) is 5.88 Å². The van der Waals surface area contributed by atoms with E-state index in [1.54, 1.807) is 0 Å². The highest BCUT2D eigenvalue weighted by molar-refractivity contribution is 5.72. The van der Waals surface area contributed by atoms with E-state index in [1.165, 1.54) is 12.4 Å². The van der Waals surface area contributed by atoms with Crippen molar-refractivity contribution >= 4 is 17.2 Å². The van der Waals surface area contributed by atoms with E-state index in [1.807, 2.05) is 13.8 Å². The van der Waals surface area contributed by atoms with Gasteiger partial charge in [-0.25, -0.2) is 13.8 Å². The van der Waals surface area contributed by atoms with Crippen LogP contribution < -0.4 is 15.8 Å². The van der Waals surface area contributed by atoms with Gasteiger partial charge in [-0.2, -0.15) is 4.98 Å². The molecule has 0 bridgehead atoms. The highest BCUT2D eigenvalue weighted by atomic mass is 19.1. The van der Waals surface area contributed by atoms with Crippen molar-refractivity contribution in [1.82, 2.24) is 9.97 Å². The Morgan fingerprint density at radius 1 is 1.20 bits per heavy atom. The van der Waals surface area contributed by atoms with Gasteiger partial charge in [0.15, 0.2) is 5.82 Å². The van der Waals surface area contributed by atoms with E-state index in [4.69, 9.17) is 10.5 Å². The second-order valence-corrected chi connectivity index (χ2v) is 4.33. The normalized spacial score (nSPS) is 10.7. The smallest absolute Gasteiger partial charge is 0.242 e. The number of nitrogens with one attached hydrogen (secondary N) is 1. The van der Waals surface area contributed by atoms with E-state index in [0.717, 1.165) is 12.1 Å². The lowest BCUT2D eigenvalue weighted by molar-refractivity contribution is 0.234. The van der Waals surface area contributed by atoms with E-state index in [2.05, 4.69) is 15.3 Å². The van der Waals surface area contributed by atoms with Gasteiger partial charge in [0.25, 0.3) is 0 Å². The molecule has 5 nitrogen and oxygen atoms in total. The Kier molecular flexibility index (Phi) is 3.97. The Hall–Kier alpha value is -2.44. The molecule has 0 saturated heterocycles. The first-order valence-corrected chi connectivity index (χ1v) is 5.97. The standard InChI is InChI=1S/C13H14F2N4O/c1-7(2)20-13-10(16)12(17-6-18-13)19-11-8(14)4-3-5-9(11)15/h3-7H,16H2,1-2H3,(H,17,18,19). The summed E-state index contributed by atoms with van der Waals surface area (Å²) in [7, 11) is 0. The zero-order valence-corrected chi connectivity index (χ0v) is 11.0. The maximum absolute atomic E-state index is 13.6. The SMILES string of the molecule is CC(C)Oc1ncnc(Nc2c(F)cccc2F)c1N. The first-order chi connectivity index (χ1) is 9.49. The topological polar surface area (TPSA) is 73.1 Å². The third-order valence-electron chi connectivity index (χ3n) is 2.40. The highest BCUT2D eigenvalue weighted by Gasteiger charge is 2.14. The Labute approximate surface area is 114 Å². The quantitative estimate of drug-likeness (QED) is 0.901. The Bertz CT molecular complexity index is 599. The fraction of sp³-hybridized carbons (Fsp3) is 0.231. The molecular formula is C13H14F2N4O. The van der Waals surface area contributed by atoms with Gasteiger partial charge >= 0.3 is 0 Å². The summed E-state index contributed by atoms with van der Waals surface area (Å²) in [5.41, 5.74) is 5.58. The van der Waals surface area contributed by atoms with Crippen molar-refractivity contribution < 1.29 is 13.5 Å². The third-order valence-corrected chi connectivity index (χ3v) is 2.40. The molecule has 0 fully saturated rings. The minimum absolute atomic E-state index is 0.0830. The molecule has 0 aliphatic carbocycles. The van der Waals surface area contributed by atoms with Crippen LogP contribution in [0.4, 0.5) is 26.0 Å². The Morgan fingerprint density at radius 2 is 1.85 bits per heavy atom. The lowest BCUT2D eigenvalue weighted by Gasteiger charge is -2.14. The molecule has 2 rings (SSSR count). The molecule has 0 spiro atoms. The van der Waals surface area contributed by atoms with Crippen molar-refractivity contribution in [3.8, 4) is 5.88 Å². The van der Waals surface area contributed by atoms with E-state index in [-0.39, 0.29) is 29.2 Å². The van der Waals surface area contributed by atoms with E-state index < -0.39 is 11.6 Å². The summed E-state index contributed by atoms with van der Waals surface area (Å²) in [6.45, 7) is 3.62. The van der Waals surface area contributed by atoms with Crippen molar-refractivity contribution in [2.75, 3.05) is 11.1 Å². The number of nitrogen functional groups attached to an aromatic ring is 1. The zero-order chi connectivity index (χ0) is 14.7. The molecule has 1 aromatic heterocycles. The average Bonchev–Trinajstić information content (AvgIpc) is 2.37. The van der Waals surface area contributed by atoms with Gasteiger partial charge in [-0.05, 0) is 26.0 Å². The van der Waals surface area contributed by atoms with E-state index in [0.29, 0.717) is 0 Å². The molecule has 0 aliphatic heterocycles. The molecule has 0 saturated carbocycles. The van der Waals surface area contributed by atoms with Crippen LogP contribution in [0.1, 0.15) is 13.8 Å². The molecule has 20 heavy (non-hydrogen) atoms. The molecule has 0 unspecified atom stereocenters. The number of nitrogens with zero attached hydrogens (tertiary/aromatic N) is 2. The van der Waals surface area contributed by atoms with Gasteiger partial charge in [-0.3, -0.25) is 0 Å². The summed E-state index contributed by atoms with van der Waals surface area (Å²) >= 11 is 0. The van der Waals surface area contributed by atoms with Gasteiger partial charge in [0, 0.05) is 0 Å². The molecule has 1 aromatic carbocycles. The summed E-state index contributed by atoms with van der Waals surface area (Å²) in [5, 5.41) is 2.52. The number of ether oxygens (including phenoxy) is 1. The van der Waals surface area contributed by atoms with Gasteiger partial charge in [0.2, 0.25) is 5.88 Å². The summed E-state index contributed by atoms with van der Waals surface area (Å²) in [6, 6.07) is 3.54. The lowest BCUT2D eigenvalue weighted by Crippen LogP contribution is -2.11. The number of hydrogen-bond acceptors (Lipinski definition) is 5. The van der Waals surface area contributed by atoms with Crippen LogP contribution in [-0.4, -0.2) is 16.1 Å². The van der Waals surface area contributed by atoms with Gasteiger partial charge < -0.3 is 15.8 Å².